The van der Waals surface area contributed by atoms with E-state index in [9.17, 15) is 0 Å². The second-order valence-electron chi connectivity index (χ2n) is 6.43. The minimum atomic E-state index is 0.578. The third-order valence-corrected chi connectivity index (χ3v) is 4.99. The van der Waals surface area contributed by atoms with Crippen LogP contribution in [-0.2, 0) is 11.3 Å². The van der Waals surface area contributed by atoms with Gasteiger partial charge in [0.15, 0.2) is 0 Å². The summed E-state index contributed by atoms with van der Waals surface area (Å²) in [6.45, 7) is 4.78. The van der Waals surface area contributed by atoms with Crippen LogP contribution in [0.15, 0.2) is 28.7 Å². The van der Waals surface area contributed by atoms with E-state index in [1.54, 1.807) is 7.11 Å². The maximum absolute atomic E-state index is 5.95. The van der Waals surface area contributed by atoms with E-state index in [2.05, 4.69) is 4.90 Å². The molecule has 1 fully saturated rings. The molecule has 5 heteroatoms. The van der Waals surface area contributed by atoms with E-state index in [0.29, 0.717) is 11.9 Å². The largest absolute Gasteiger partial charge is 0.441 e. The van der Waals surface area contributed by atoms with Crippen LogP contribution >= 0.6 is 11.6 Å². The van der Waals surface area contributed by atoms with Gasteiger partial charge in [-0.1, -0.05) is 18.0 Å². The number of oxazole rings is 1. The van der Waals surface area contributed by atoms with Crippen molar-refractivity contribution >= 4 is 11.6 Å². The van der Waals surface area contributed by atoms with Gasteiger partial charge in [-0.3, -0.25) is 4.90 Å². The van der Waals surface area contributed by atoms with Gasteiger partial charge in [-0.2, -0.15) is 0 Å². The van der Waals surface area contributed by atoms with Crippen LogP contribution in [0.4, 0.5) is 0 Å². The van der Waals surface area contributed by atoms with Crippen LogP contribution in [0.25, 0.3) is 11.5 Å². The Morgan fingerprint density at radius 2 is 2.08 bits per heavy atom. The molecule has 0 N–H and O–H groups in total. The monoisotopic (exact) mass is 348 g/mol. The quantitative estimate of drug-likeness (QED) is 0.758. The molecule has 0 bridgehead atoms. The molecule has 0 saturated carbocycles. The van der Waals surface area contributed by atoms with Crippen molar-refractivity contribution in [1.29, 1.82) is 0 Å². The molecule has 0 unspecified atom stereocenters. The van der Waals surface area contributed by atoms with Gasteiger partial charge >= 0.3 is 0 Å². The average Bonchev–Trinajstić information content (AvgIpc) is 2.95. The molecular weight excluding hydrogens is 324 g/mol. The first kappa shape index (κ1) is 17.5. The Morgan fingerprint density at radius 3 is 2.83 bits per heavy atom. The zero-order chi connectivity index (χ0) is 16.9. The highest BCUT2D eigenvalue weighted by Gasteiger charge is 2.24. The van der Waals surface area contributed by atoms with E-state index in [0.717, 1.165) is 48.2 Å². The third kappa shape index (κ3) is 4.18. The van der Waals surface area contributed by atoms with E-state index in [-0.39, 0.29) is 0 Å². The summed E-state index contributed by atoms with van der Waals surface area (Å²) in [5.41, 5.74) is 1.99. The number of methoxy groups -OCH3 is 1. The highest BCUT2D eigenvalue weighted by molar-refractivity contribution is 6.30. The summed E-state index contributed by atoms with van der Waals surface area (Å²) < 4.78 is 11.2. The van der Waals surface area contributed by atoms with Crippen molar-refractivity contribution in [3.05, 3.63) is 40.7 Å². The summed E-state index contributed by atoms with van der Waals surface area (Å²) >= 11 is 5.95. The molecule has 1 saturated heterocycles. The second-order valence-corrected chi connectivity index (χ2v) is 6.87. The van der Waals surface area contributed by atoms with Crippen molar-refractivity contribution in [2.75, 3.05) is 20.3 Å². The normalized spacial score (nSPS) is 18.9. The van der Waals surface area contributed by atoms with Gasteiger partial charge in [0, 0.05) is 36.9 Å². The number of halogens is 1. The number of piperidine rings is 1. The number of aryl methyl sites for hydroxylation is 1. The maximum atomic E-state index is 5.95. The lowest BCUT2D eigenvalue weighted by Crippen LogP contribution is -2.39. The van der Waals surface area contributed by atoms with Crippen molar-refractivity contribution in [3.8, 4) is 11.5 Å². The topological polar surface area (TPSA) is 38.5 Å². The third-order valence-electron chi connectivity index (χ3n) is 4.74. The summed E-state index contributed by atoms with van der Waals surface area (Å²) in [6.07, 6.45) is 4.88. The van der Waals surface area contributed by atoms with E-state index in [1.807, 2.05) is 31.2 Å². The molecule has 0 aliphatic carbocycles. The Morgan fingerprint density at radius 1 is 1.29 bits per heavy atom. The molecule has 1 aliphatic heterocycles. The average molecular weight is 349 g/mol. The van der Waals surface area contributed by atoms with Crippen LogP contribution in [-0.4, -0.2) is 36.2 Å². The number of aromatic nitrogens is 1. The maximum Gasteiger partial charge on any atom is 0.226 e. The molecule has 3 rings (SSSR count). The SMILES string of the molecule is COCC[C@@H]1CCCCN1Cc1nc(-c2ccc(Cl)cc2)oc1C. The van der Waals surface area contributed by atoms with Crippen LogP contribution in [0.5, 0.6) is 0 Å². The minimum absolute atomic E-state index is 0.578. The molecule has 1 aromatic carbocycles. The Hall–Kier alpha value is -1.36. The Balaban J connectivity index is 1.73. The number of rotatable bonds is 6. The summed E-state index contributed by atoms with van der Waals surface area (Å²) in [5.74, 6) is 1.57. The minimum Gasteiger partial charge on any atom is -0.441 e. The van der Waals surface area contributed by atoms with Gasteiger partial charge in [0.25, 0.3) is 0 Å². The fourth-order valence-corrected chi connectivity index (χ4v) is 3.46. The first-order chi connectivity index (χ1) is 11.7. The highest BCUT2D eigenvalue weighted by atomic mass is 35.5. The number of benzene rings is 1. The number of ether oxygens (including phenoxy) is 1. The predicted octanol–water partition coefficient (Wildman–Crippen LogP) is 4.69. The molecule has 2 aromatic rings. The summed E-state index contributed by atoms with van der Waals surface area (Å²) in [6, 6.07) is 8.19. The van der Waals surface area contributed by atoms with Crippen molar-refractivity contribution in [1.82, 2.24) is 9.88 Å². The Kier molecular flexibility index (Phi) is 5.93. The molecule has 0 radical (unpaired) electrons. The second kappa shape index (κ2) is 8.15. The molecule has 4 nitrogen and oxygen atoms in total. The van der Waals surface area contributed by atoms with Crippen LogP contribution in [0, 0.1) is 6.92 Å². The van der Waals surface area contributed by atoms with Crippen LogP contribution in [0.3, 0.4) is 0 Å². The van der Waals surface area contributed by atoms with Crippen LogP contribution in [0.2, 0.25) is 5.02 Å². The zero-order valence-corrected chi connectivity index (χ0v) is 15.2. The standard InChI is InChI=1S/C19H25ClN2O2/c1-14-18(13-22-11-4-3-5-17(22)10-12-23-2)21-19(24-14)15-6-8-16(20)9-7-15/h6-9,17H,3-5,10-13H2,1-2H3/t17-/m0/s1. The molecule has 130 valence electrons. The molecule has 0 spiro atoms. The van der Waals surface area contributed by atoms with E-state index >= 15 is 0 Å². The summed E-state index contributed by atoms with van der Waals surface area (Å²) in [7, 11) is 1.77. The molecular formula is C19H25ClN2O2. The first-order valence-corrected chi connectivity index (χ1v) is 9.00. The number of hydrogen-bond donors (Lipinski definition) is 0. The number of nitrogens with zero attached hydrogens (tertiary/aromatic N) is 2. The predicted molar refractivity (Wildman–Crippen MR) is 96.2 cm³/mol. The van der Waals surface area contributed by atoms with Crippen molar-refractivity contribution in [3.63, 3.8) is 0 Å². The zero-order valence-electron chi connectivity index (χ0n) is 14.4. The fraction of sp³-hybridized carbons (Fsp3) is 0.526. The first-order valence-electron chi connectivity index (χ1n) is 8.62. The van der Waals surface area contributed by atoms with Crippen molar-refractivity contribution < 1.29 is 9.15 Å². The summed E-state index contributed by atoms with van der Waals surface area (Å²) in [4.78, 5) is 7.26. The molecule has 1 aromatic heterocycles. The Bertz CT molecular complexity index is 654. The van der Waals surface area contributed by atoms with Gasteiger partial charge in [-0.15, -0.1) is 0 Å². The fourth-order valence-electron chi connectivity index (χ4n) is 3.33. The number of likely N-dealkylation sites (tertiary alicyclic amines) is 1. The van der Waals surface area contributed by atoms with Gasteiger partial charge in [0.2, 0.25) is 5.89 Å². The van der Waals surface area contributed by atoms with Crippen LogP contribution < -0.4 is 0 Å². The lowest BCUT2D eigenvalue weighted by atomic mass is 9.99. The lowest BCUT2D eigenvalue weighted by Gasteiger charge is -2.35. The van der Waals surface area contributed by atoms with Gasteiger partial charge in [-0.05, 0) is 57.0 Å². The van der Waals surface area contributed by atoms with Gasteiger partial charge in [0.1, 0.15) is 5.76 Å². The molecule has 1 atom stereocenters. The number of hydrogen-bond acceptors (Lipinski definition) is 4. The molecule has 0 amide bonds. The Labute approximate surface area is 148 Å². The van der Waals surface area contributed by atoms with Gasteiger partial charge in [-0.25, -0.2) is 4.98 Å². The molecule has 2 heterocycles. The molecule has 1 aliphatic rings. The van der Waals surface area contributed by atoms with Crippen molar-refractivity contribution in [2.45, 2.75) is 45.2 Å². The van der Waals surface area contributed by atoms with E-state index in [4.69, 9.17) is 25.7 Å². The summed E-state index contributed by atoms with van der Waals surface area (Å²) in [5, 5.41) is 0.719. The van der Waals surface area contributed by atoms with Gasteiger partial charge in [0.05, 0.1) is 5.69 Å². The van der Waals surface area contributed by atoms with E-state index < -0.39 is 0 Å². The van der Waals surface area contributed by atoms with Gasteiger partial charge < -0.3 is 9.15 Å². The lowest BCUT2D eigenvalue weighted by molar-refractivity contribution is 0.0961. The smallest absolute Gasteiger partial charge is 0.226 e. The van der Waals surface area contributed by atoms with Crippen LogP contribution in [0.1, 0.15) is 37.1 Å². The van der Waals surface area contributed by atoms with E-state index in [1.165, 1.54) is 19.3 Å². The highest BCUT2D eigenvalue weighted by Crippen LogP contribution is 2.26. The van der Waals surface area contributed by atoms with Crippen molar-refractivity contribution in [2.24, 2.45) is 0 Å². The molecule has 24 heavy (non-hydrogen) atoms.